The minimum atomic E-state index is -0.705. The molecule has 0 saturated carbocycles. The van der Waals surface area contributed by atoms with E-state index in [1.165, 1.54) is 19.8 Å². The SMILES string of the molecule is COC(=O)N[C@@H](C)C(=O)N1CCC[C@H]1c1ncc(-c2ccc(-c3ccc4c(c3)CCCc3[nH]c([C@@H]5CCCN5C(=O)[C@@H](NC(=O)OC)C(C)C)nc3-4)cc2)[nH]1. The Kier molecular flexibility index (Phi) is 10.9. The average molecular weight is 751 g/mol. The molecule has 2 aromatic heterocycles. The molecule has 1 aliphatic carbocycles. The molecule has 2 aliphatic heterocycles. The lowest BCUT2D eigenvalue weighted by Gasteiger charge is -2.30. The first-order chi connectivity index (χ1) is 26.6. The molecule has 0 spiro atoms. The van der Waals surface area contributed by atoms with Crippen LogP contribution in [0.5, 0.6) is 0 Å². The second-order valence-electron chi connectivity index (χ2n) is 15.0. The average Bonchev–Trinajstić information content (AvgIpc) is 4.02. The Morgan fingerprint density at radius 2 is 1.40 bits per heavy atom. The van der Waals surface area contributed by atoms with Gasteiger partial charge in [0.2, 0.25) is 11.8 Å². The molecule has 7 rings (SSSR count). The quantitative estimate of drug-likeness (QED) is 0.159. The highest BCUT2D eigenvalue weighted by Crippen LogP contribution is 2.39. The van der Waals surface area contributed by atoms with E-state index < -0.39 is 24.3 Å². The molecule has 2 fully saturated rings. The minimum Gasteiger partial charge on any atom is -0.453 e. The number of alkyl carbamates (subject to hydrolysis) is 2. The second kappa shape index (κ2) is 16.0. The summed E-state index contributed by atoms with van der Waals surface area (Å²) in [5.41, 5.74) is 8.46. The fourth-order valence-corrected chi connectivity index (χ4v) is 8.21. The first-order valence-electron chi connectivity index (χ1n) is 19.2. The number of aryl methyl sites for hydroxylation is 2. The number of likely N-dealkylation sites (tertiary alicyclic amines) is 2. The zero-order chi connectivity index (χ0) is 38.8. The minimum absolute atomic E-state index is 0.0997. The lowest BCUT2D eigenvalue weighted by atomic mass is 9.95. The summed E-state index contributed by atoms with van der Waals surface area (Å²) in [4.78, 5) is 71.1. The number of methoxy groups -OCH3 is 2. The molecular weight excluding hydrogens is 701 g/mol. The van der Waals surface area contributed by atoms with E-state index in [9.17, 15) is 19.2 Å². The van der Waals surface area contributed by atoms with Crippen LogP contribution in [0.3, 0.4) is 0 Å². The number of aromatic nitrogens is 4. The highest BCUT2D eigenvalue weighted by molar-refractivity contribution is 5.87. The fraction of sp³-hybridized carbons (Fsp3) is 0.463. The number of nitrogens with zero attached hydrogens (tertiary/aromatic N) is 4. The monoisotopic (exact) mass is 750 g/mol. The Morgan fingerprint density at radius 1 is 0.764 bits per heavy atom. The molecule has 0 unspecified atom stereocenters. The van der Waals surface area contributed by atoms with Gasteiger partial charge in [0.1, 0.15) is 23.7 Å². The first kappa shape index (κ1) is 37.6. The molecule has 4 heterocycles. The van der Waals surface area contributed by atoms with Gasteiger partial charge >= 0.3 is 12.2 Å². The van der Waals surface area contributed by atoms with Crippen molar-refractivity contribution < 1.29 is 28.7 Å². The molecule has 14 heteroatoms. The number of fused-ring (bicyclic) bond motifs is 3. The molecule has 3 aliphatic rings. The third kappa shape index (κ3) is 7.67. The van der Waals surface area contributed by atoms with Gasteiger partial charge in [0.15, 0.2) is 0 Å². The van der Waals surface area contributed by atoms with Crippen LogP contribution < -0.4 is 10.6 Å². The fourth-order valence-electron chi connectivity index (χ4n) is 8.21. The van der Waals surface area contributed by atoms with Gasteiger partial charge < -0.3 is 39.9 Å². The molecule has 4 N–H and O–H groups in total. The lowest BCUT2D eigenvalue weighted by Crippen LogP contribution is -2.51. The van der Waals surface area contributed by atoms with Crippen molar-refractivity contribution in [2.75, 3.05) is 27.3 Å². The molecule has 2 saturated heterocycles. The van der Waals surface area contributed by atoms with Gasteiger partial charge in [0.25, 0.3) is 0 Å². The maximum absolute atomic E-state index is 13.7. The van der Waals surface area contributed by atoms with Crippen molar-refractivity contribution >= 4 is 24.0 Å². The van der Waals surface area contributed by atoms with Crippen molar-refractivity contribution in [2.24, 2.45) is 5.92 Å². The number of H-pyrrole nitrogens is 2. The number of amides is 4. The Morgan fingerprint density at radius 3 is 2.09 bits per heavy atom. The van der Waals surface area contributed by atoms with E-state index in [1.54, 1.807) is 11.8 Å². The van der Waals surface area contributed by atoms with Crippen molar-refractivity contribution in [3.63, 3.8) is 0 Å². The zero-order valence-corrected chi connectivity index (χ0v) is 32.1. The normalized spacial score (nSPS) is 18.9. The maximum Gasteiger partial charge on any atom is 0.407 e. The van der Waals surface area contributed by atoms with E-state index in [2.05, 4.69) is 72.8 Å². The van der Waals surface area contributed by atoms with Crippen LogP contribution >= 0.6 is 0 Å². The Balaban J connectivity index is 1.06. The molecule has 55 heavy (non-hydrogen) atoms. The van der Waals surface area contributed by atoms with Crippen LogP contribution in [0.15, 0.2) is 48.7 Å². The van der Waals surface area contributed by atoms with E-state index in [0.717, 1.165) is 95.9 Å². The van der Waals surface area contributed by atoms with Crippen LogP contribution in [0, 0.1) is 5.92 Å². The van der Waals surface area contributed by atoms with Crippen LogP contribution in [-0.4, -0.2) is 93.1 Å². The van der Waals surface area contributed by atoms with Gasteiger partial charge in [-0.2, -0.15) is 0 Å². The molecule has 2 aromatic carbocycles. The number of imidazole rings is 2. The first-order valence-corrected chi connectivity index (χ1v) is 19.2. The molecule has 290 valence electrons. The molecule has 4 atom stereocenters. The summed E-state index contributed by atoms with van der Waals surface area (Å²) in [5.74, 6) is 1.13. The largest absolute Gasteiger partial charge is 0.453 e. The van der Waals surface area contributed by atoms with Crippen LogP contribution in [-0.2, 0) is 31.9 Å². The van der Waals surface area contributed by atoms with Crippen molar-refractivity contribution in [3.05, 3.63) is 71.6 Å². The molecule has 4 aromatic rings. The smallest absolute Gasteiger partial charge is 0.407 e. The van der Waals surface area contributed by atoms with Crippen LogP contribution in [0.1, 0.15) is 87.9 Å². The van der Waals surface area contributed by atoms with Gasteiger partial charge in [-0.15, -0.1) is 0 Å². The Labute approximate surface area is 320 Å². The molecule has 0 radical (unpaired) electrons. The number of benzene rings is 2. The summed E-state index contributed by atoms with van der Waals surface area (Å²) in [7, 11) is 2.58. The van der Waals surface area contributed by atoms with Crippen molar-refractivity contribution in [1.29, 1.82) is 0 Å². The van der Waals surface area contributed by atoms with Crippen molar-refractivity contribution in [2.45, 2.75) is 89.9 Å². The number of aromatic amines is 2. The third-order valence-corrected chi connectivity index (χ3v) is 11.1. The number of rotatable bonds is 9. The number of hydrogen-bond donors (Lipinski definition) is 4. The van der Waals surface area contributed by atoms with E-state index in [0.29, 0.717) is 13.1 Å². The topological polar surface area (TPSA) is 175 Å². The summed E-state index contributed by atoms with van der Waals surface area (Å²) in [5, 5.41) is 5.30. The number of ether oxygens (including phenoxy) is 2. The van der Waals surface area contributed by atoms with Gasteiger partial charge in [-0.3, -0.25) is 9.59 Å². The van der Waals surface area contributed by atoms with Crippen molar-refractivity contribution in [3.8, 4) is 33.6 Å². The number of carbonyl (C=O) groups is 4. The molecule has 0 bridgehead atoms. The summed E-state index contributed by atoms with van der Waals surface area (Å²) in [6, 6.07) is 13.2. The predicted octanol–water partition coefficient (Wildman–Crippen LogP) is 6.07. The summed E-state index contributed by atoms with van der Waals surface area (Å²) >= 11 is 0. The second-order valence-corrected chi connectivity index (χ2v) is 15.0. The van der Waals surface area contributed by atoms with Gasteiger partial charge in [-0.25, -0.2) is 19.6 Å². The van der Waals surface area contributed by atoms with E-state index >= 15 is 0 Å². The summed E-state index contributed by atoms with van der Waals surface area (Å²) in [6.07, 6.45) is 6.63. The molecular formula is C41H50N8O6. The van der Waals surface area contributed by atoms with Gasteiger partial charge in [-0.05, 0) is 80.0 Å². The number of carbonyl (C=O) groups excluding carboxylic acids is 4. The van der Waals surface area contributed by atoms with Crippen molar-refractivity contribution in [1.82, 2.24) is 40.4 Å². The van der Waals surface area contributed by atoms with Gasteiger partial charge in [-0.1, -0.05) is 56.3 Å². The summed E-state index contributed by atoms with van der Waals surface area (Å²) < 4.78 is 9.45. The van der Waals surface area contributed by atoms with Crippen LogP contribution in [0.4, 0.5) is 9.59 Å². The predicted molar refractivity (Wildman–Crippen MR) is 206 cm³/mol. The van der Waals surface area contributed by atoms with E-state index in [4.69, 9.17) is 9.72 Å². The molecule has 14 nitrogen and oxygen atoms in total. The third-order valence-electron chi connectivity index (χ3n) is 11.1. The maximum atomic E-state index is 13.7. The molecule has 4 amide bonds. The Bertz CT molecular complexity index is 2050. The van der Waals surface area contributed by atoms with Crippen LogP contribution in [0.25, 0.3) is 33.6 Å². The lowest BCUT2D eigenvalue weighted by molar-refractivity contribution is -0.135. The highest BCUT2D eigenvalue weighted by Gasteiger charge is 2.38. The number of nitrogens with one attached hydrogen (secondary N) is 4. The highest BCUT2D eigenvalue weighted by atomic mass is 16.5. The van der Waals surface area contributed by atoms with E-state index in [1.807, 2.05) is 24.9 Å². The zero-order valence-electron chi connectivity index (χ0n) is 32.1. The van der Waals surface area contributed by atoms with Gasteiger partial charge in [0, 0.05) is 24.3 Å². The standard InChI is InChI=1S/C41H50N8O6/c1-23(2)34(47-41(53)55-5)39(51)49-20-8-12-33(49)37-44-30-10-6-9-28-21-27(17-18-29(28)35(30)46-37)25-13-15-26(16-14-25)31-22-42-36(45-31)32-11-7-19-48(32)38(50)24(3)43-40(52)54-4/h13-18,21-24,32-34H,6-12,19-20H2,1-5H3,(H,42,45)(H,43,52)(H,44,46)(H,47,53)/t24-,32-,33-,34-/m0/s1. The van der Waals surface area contributed by atoms with Gasteiger partial charge in [0.05, 0.1) is 43.9 Å². The Hall–Kier alpha value is -5.66. The van der Waals surface area contributed by atoms with E-state index in [-0.39, 0.29) is 29.8 Å². The number of hydrogen-bond acceptors (Lipinski definition) is 8. The summed E-state index contributed by atoms with van der Waals surface area (Å²) in [6.45, 7) is 6.70. The van der Waals surface area contributed by atoms with Crippen LogP contribution in [0.2, 0.25) is 0 Å².